The first kappa shape index (κ1) is 24.4. The summed E-state index contributed by atoms with van der Waals surface area (Å²) in [6, 6.07) is 11.1. The molecule has 0 saturated heterocycles. The maximum absolute atomic E-state index is 12.8. The number of carbonyl (C=O) groups excluding carboxylic acids is 1. The van der Waals surface area contributed by atoms with Gasteiger partial charge >= 0.3 is 0 Å². The number of sulfonamides is 1. The zero-order valence-corrected chi connectivity index (χ0v) is 19.1. The second-order valence-electron chi connectivity index (χ2n) is 6.74. The predicted octanol–water partition coefficient (Wildman–Crippen LogP) is 3.28. The molecule has 0 spiro atoms. The SMILES string of the molecule is CCCN(CCC)S(=O)(=O)c1ccc(C(=O)N/N=C/c2ccc(OC)c(OC)c2)cc1. The number of hydrazone groups is 1. The molecule has 2 aromatic carbocycles. The lowest BCUT2D eigenvalue weighted by atomic mass is 10.2. The molecule has 1 N–H and O–H groups in total. The van der Waals surface area contributed by atoms with Crippen LogP contribution < -0.4 is 14.9 Å². The predicted molar refractivity (Wildman–Crippen MR) is 120 cm³/mol. The van der Waals surface area contributed by atoms with Gasteiger partial charge in [-0.3, -0.25) is 4.79 Å². The van der Waals surface area contributed by atoms with Crippen LogP contribution in [-0.2, 0) is 10.0 Å². The summed E-state index contributed by atoms with van der Waals surface area (Å²) in [5, 5.41) is 3.95. The van der Waals surface area contributed by atoms with E-state index in [9.17, 15) is 13.2 Å². The molecule has 1 amide bonds. The van der Waals surface area contributed by atoms with Gasteiger partial charge in [0.1, 0.15) is 0 Å². The second kappa shape index (κ2) is 11.5. The van der Waals surface area contributed by atoms with Gasteiger partial charge in [0.2, 0.25) is 10.0 Å². The zero-order valence-electron chi connectivity index (χ0n) is 18.3. The molecule has 9 heteroatoms. The molecule has 0 saturated carbocycles. The Hall–Kier alpha value is -2.91. The van der Waals surface area contributed by atoms with Crippen molar-refractivity contribution in [3.05, 3.63) is 53.6 Å². The summed E-state index contributed by atoms with van der Waals surface area (Å²) >= 11 is 0. The third-order valence-electron chi connectivity index (χ3n) is 4.49. The van der Waals surface area contributed by atoms with Crippen LogP contribution in [0.1, 0.15) is 42.6 Å². The topological polar surface area (TPSA) is 97.3 Å². The van der Waals surface area contributed by atoms with Crippen molar-refractivity contribution in [3.63, 3.8) is 0 Å². The first-order valence-electron chi connectivity index (χ1n) is 10.0. The van der Waals surface area contributed by atoms with E-state index in [0.29, 0.717) is 35.7 Å². The number of hydrogen-bond acceptors (Lipinski definition) is 6. The van der Waals surface area contributed by atoms with Gasteiger partial charge in [0, 0.05) is 18.7 Å². The number of ether oxygens (including phenoxy) is 2. The Labute approximate surface area is 183 Å². The Kier molecular flexibility index (Phi) is 9.02. The van der Waals surface area contributed by atoms with Crippen molar-refractivity contribution >= 4 is 22.1 Å². The Morgan fingerprint density at radius 1 is 1.00 bits per heavy atom. The number of benzene rings is 2. The maximum Gasteiger partial charge on any atom is 0.271 e. The van der Waals surface area contributed by atoms with Crippen molar-refractivity contribution in [2.45, 2.75) is 31.6 Å². The average Bonchev–Trinajstić information content (AvgIpc) is 2.78. The third kappa shape index (κ3) is 6.28. The van der Waals surface area contributed by atoms with Gasteiger partial charge in [-0.1, -0.05) is 13.8 Å². The quantitative estimate of drug-likeness (QED) is 0.421. The molecule has 0 atom stereocenters. The van der Waals surface area contributed by atoms with Gasteiger partial charge in [0.15, 0.2) is 11.5 Å². The van der Waals surface area contributed by atoms with Gasteiger partial charge in [-0.25, -0.2) is 13.8 Å². The molecule has 0 aromatic heterocycles. The number of nitrogens with one attached hydrogen (secondary N) is 1. The van der Waals surface area contributed by atoms with Gasteiger partial charge in [-0.2, -0.15) is 9.41 Å². The molecule has 31 heavy (non-hydrogen) atoms. The summed E-state index contributed by atoms with van der Waals surface area (Å²) in [6.07, 6.45) is 2.95. The van der Waals surface area contributed by atoms with E-state index in [4.69, 9.17) is 9.47 Å². The second-order valence-corrected chi connectivity index (χ2v) is 8.68. The van der Waals surface area contributed by atoms with Crippen LogP contribution in [0.5, 0.6) is 11.5 Å². The van der Waals surface area contributed by atoms with Crippen LogP contribution in [-0.4, -0.2) is 52.2 Å². The first-order chi connectivity index (χ1) is 14.9. The first-order valence-corrected chi connectivity index (χ1v) is 11.5. The van der Waals surface area contributed by atoms with Gasteiger partial charge in [0.05, 0.1) is 25.3 Å². The fourth-order valence-electron chi connectivity index (χ4n) is 2.94. The third-order valence-corrected chi connectivity index (χ3v) is 6.40. The smallest absolute Gasteiger partial charge is 0.271 e. The molecule has 0 fully saturated rings. The van der Waals surface area contributed by atoms with E-state index in [2.05, 4.69) is 10.5 Å². The summed E-state index contributed by atoms with van der Waals surface area (Å²) in [6.45, 7) is 4.80. The molecule has 2 aromatic rings. The molecule has 8 nitrogen and oxygen atoms in total. The van der Waals surface area contributed by atoms with E-state index in [-0.39, 0.29) is 4.90 Å². The summed E-state index contributed by atoms with van der Waals surface area (Å²) < 4.78 is 37.5. The monoisotopic (exact) mass is 447 g/mol. The minimum atomic E-state index is -3.58. The molecule has 0 radical (unpaired) electrons. The summed E-state index contributed by atoms with van der Waals surface area (Å²) in [5.41, 5.74) is 3.45. The molecule has 0 aliphatic rings. The number of methoxy groups -OCH3 is 2. The number of amides is 1. The van der Waals surface area contributed by atoms with E-state index < -0.39 is 15.9 Å². The standard InChI is InChI=1S/C22H29N3O5S/c1-5-13-25(14-6-2)31(27,28)19-10-8-18(9-11-19)22(26)24-23-16-17-7-12-20(29-3)21(15-17)30-4/h7-12,15-16H,5-6,13-14H2,1-4H3,(H,24,26)/b23-16+. The highest BCUT2D eigenvalue weighted by Gasteiger charge is 2.23. The summed E-state index contributed by atoms with van der Waals surface area (Å²) in [4.78, 5) is 12.5. The van der Waals surface area contributed by atoms with Crippen molar-refractivity contribution in [1.82, 2.24) is 9.73 Å². The molecular weight excluding hydrogens is 418 g/mol. The Bertz CT molecular complexity index is 998. The van der Waals surface area contributed by atoms with Crippen LogP contribution in [0, 0.1) is 0 Å². The van der Waals surface area contributed by atoms with E-state index in [0.717, 1.165) is 12.8 Å². The van der Waals surface area contributed by atoms with Crippen LogP contribution in [0.2, 0.25) is 0 Å². The molecule has 2 rings (SSSR count). The van der Waals surface area contributed by atoms with Crippen LogP contribution >= 0.6 is 0 Å². The summed E-state index contributed by atoms with van der Waals surface area (Å²) in [5.74, 6) is 0.699. The van der Waals surface area contributed by atoms with E-state index >= 15 is 0 Å². The molecular formula is C22H29N3O5S. The summed E-state index contributed by atoms with van der Waals surface area (Å²) in [7, 11) is -0.498. The zero-order chi connectivity index (χ0) is 22.9. The van der Waals surface area contributed by atoms with Crippen LogP contribution in [0.3, 0.4) is 0 Å². The Morgan fingerprint density at radius 3 is 2.16 bits per heavy atom. The number of hydrogen-bond donors (Lipinski definition) is 1. The lowest BCUT2D eigenvalue weighted by Gasteiger charge is -2.21. The highest BCUT2D eigenvalue weighted by atomic mass is 32.2. The van der Waals surface area contributed by atoms with Gasteiger partial charge in [-0.05, 0) is 60.9 Å². The van der Waals surface area contributed by atoms with Crippen molar-refractivity contribution < 1.29 is 22.7 Å². The van der Waals surface area contributed by atoms with E-state index in [1.54, 1.807) is 25.3 Å². The largest absolute Gasteiger partial charge is 0.493 e. The molecule has 0 bridgehead atoms. The maximum atomic E-state index is 12.8. The molecule has 168 valence electrons. The minimum absolute atomic E-state index is 0.166. The van der Waals surface area contributed by atoms with Crippen molar-refractivity contribution in [2.75, 3.05) is 27.3 Å². The van der Waals surface area contributed by atoms with Gasteiger partial charge in [0.25, 0.3) is 5.91 Å². The Balaban J connectivity index is 2.08. The molecule has 0 heterocycles. The lowest BCUT2D eigenvalue weighted by molar-refractivity contribution is 0.0955. The number of rotatable bonds is 11. The number of nitrogens with zero attached hydrogens (tertiary/aromatic N) is 2. The van der Waals surface area contributed by atoms with Crippen LogP contribution in [0.25, 0.3) is 0 Å². The minimum Gasteiger partial charge on any atom is -0.493 e. The fraction of sp³-hybridized carbons (Fsp3) is 0.364. The Morgan fingerprint density at radius 2 is 1.61 bits per heavy atom. The average molecular weight is 448 g/mol. The van der Waals surface area contributed by atoms with E-state index in [1.165, 1.54) is 41.9 Å². The van der Waals surface area contributed by atoms with Gasteiger partial charge < -0.3 is 9.47 Å². The van der Waals surface area contributed by atoms with Crippen molar-refractivity contribution in [3.8, 4) is 11.5 Å². The molecule has 0 aliphatic carbocycles. The van der Waals surface area contributed by atoms with Crippen LogP contribution in [0.15, 0.2) is 52.5 Å². The van der Waals surface area contributed by atoms with Gasteiger partial charge in [-0.15, -0.1) is 0 Å². The van der Waals surface area contributed by atoms with Crippen molar-refractivity contribution in [2.24, 2.45) is 5.10 Å². The van der Waals surface area contributed by atoms with Crippen LogP contribution in [0.4, 0.5) is 0 Å². The lowest BCUT2D eigenvalue weighted by Crippen LogP contribution is -2.32. The molecule has 0 unspecified atom stereocenters. The van der Waals surface area contributed by atoms with Crippen molar-refractivity contribution in [1.29, 1.82) is 0 Å². The molecule has 0 aliphatic heterocycles. The highest BCUT2D eigenvalue weighted by Crippen LogP contribution is 2.26. The fourth-order valence-corrected chi connectivity index (χ4v) is 4.57. The van der Waals surface area contributed by atoms with E-state index in [1.807, 2.05) is 13.8 Å². The number of carbonyl (C=O) groups is 1. The normalized spacial score (nSPS) is 11.6. The highest BCUT2D eigenvalue weighted by molar-refractivity contribution is 7.89.